The van der Waals surface area contributed by atoms with Crippen molar-refractivity contribution >= 4 is 11.6 Å². The molecule has 0 unspecified atom stereocenters. The molecule has 0 heterocycles. The molecule has 0 spiro atoms. The summed E-state index contributed by atoms with van der Waals surface area (Å²) in [5, 5.41) is 0. The lowest BCUT2D eigenvalue weighted by molar-refractivity contribution is 0.0971. The molecule has 0 amide bonds. The van der Waals surface area contributed by atoms with E-state index in [0.717, 1.165) is 25.7 Å². The summed E-state index contributed by atoms with van der Waals surface area (Å²) in [6.07, 6.45) is 33.8. The molecule has 0 aliphatic heterocycles. The number of carbonyl (C=O) groups excluding carboxylic acids is 2. The molecule has 0 atom stereocenters. The lowest BCUT2D eigenvalue weighted by Gasteiger charge is -2.23. The van der Waals surface area contributed by atoms with Crippen LogP contribution in [0, 0.1) is 0 Å². The van der Waals surface area contributed by atoms with Crippen molar-refractivity contribution in [2.24, 2.45) is 0 Å². The molecular formula is C44H68O4. The maximum atomic E-state index is 13.7. The van der Waals surface area contributed by atoms with E-state index >= 15 is 0 Å². The summed E-state index contributed by atoms with van der Waals surface area (Å²) in [4.78, 5) is 27.4. The van der Waals surface area contributed by atoms with E-state index in [4.69, 9.17) is 9.47 Å². The molecule has 0 saturated heterocycles. The van der Waals surface area contributed by atoms with E-state index in [1.807, 2.05) is 24.3 Å². The molecule has 0 bridgehead atoms. The van der Waals surface area contributed by atoms with Crippen LogP contribution in [0.15, 0.2) is 36.4 Å². The summed E-state index contributed by atoms with van der Waals surface area (Å²) in [5.74, 6) is 0.717. The number of fused-ring (bicyclic) bond motifs is 2. The zero-order valence-electron chi connectivity index (χ0n) is 30.9. The van der Waals surface area contributed by atoms with Gasteiger partial charge < -0.3 is 9.47 Å². The van der Waals surface area contributed by atoms with Crippen molar-refractivity contribution in [3.63, 3.8) is 0 Å². The van der Waals surface area contributed by atoms with Gasteiger partial charge in [-0.05, 0) is 25.0 Å². The minimum atomic E-state index is -0.146. The fourth-order valence-electron chi connectivity index (χ4n) is 7.01. The first kappa shape index (κ1) is 39.8. The molecule has 2 aromatic rings. The average Bonchev–Trinajstić information content (AvgIpc) is 3.11. The van der Waals surface area contributed by atoms with E-state index in [2.05, 4.69) is 13.8 Å². The standard InChI is InChI=1S/C44H68O4/c1-3-5-7-9-11-13-15-17-19-21-23-25-29-35-47-39-33-34-40(42-41(39)43(45)37-31-27-28-32-38(37)44(42)46)48-36-30-26-24-22-20-18-16-14-12-10-8-6-4-2/h27-28,31-34H,3-26,29-30,35-36H2,1-2H3. The Bertz CT molecular complexity index is 1080. The van der Waals surface area contributed by atoms with Crippen LogP contribution in [-0.2, 0) is 0 Å². The molecule has 0 N–H and O–H groups in total. The van der Waals surface area contributed by atoms with E-state index in [0.29, 0.717) is 47.0 Å². The van der Waals surface area contributed by atoms with Crippen molar-refractivity contribution in [2.75, 3.05) is 13.2 Å². The molecular weight excluding hydrogens is 592 g/mol. The van der Waals surface area contributed by atoms with Crippen LogP contribution in [0.5, 0.6) is 11.5 Å². The van der Waals surface area contributed by atoms with Gasteiger partial charge >= 0.3 is 0 Å². The molecule has 4 nitrogen and oxygen atoms in total. The predicted molar refractivity (Wildman–Crippen MR) is 202 cm³/mol. The number of hydrogen-bond acceptors (Lipinski definition) is 4. The van der Waals surface area contributed by atoms with Crippen LogP contribution >= 0.6 is 0 Å². The SMILES string of the molecule is CCCCCCCCCCCCCCCOc1ccc(OCCCCCCCCCCCCCCC)c2c1C(=O)c1ccccc1C2=O. The third-order valence-corrected chi connectivity index (χ3v) is 10.0. The van der Waals surface area contributed by atoms with Crippen molar-refractivity contribution in [3.05, 3.63) is 58.7 Å². The zero-order valence-corrected chi connectivity index (χ0v) is 30.9. The van der Waals surface area contributed by atoms with E-state index in [9.17, 15) is 9.59 Å². The summed E-state index contributed by atoms with van der Waals surface area (Å²) in [5.41, 5.74) is 1.65. The summed E-state index contributed by atoms with van der Waals surface area (Å²) in [7, 11) is 0. The third kappa shape index (κ3) is 14.5. The van der Waals surface area contributed by atoms with Gasteiger partial charge in [-0.2, -0.15) is 0 Å². The summed E-state index contributed by atoms with van der Waals surface area (Å²) in [6, 6.07) is 10.8. The maximum Gasteiger partial charge on any atom is 0.198 e. The second-order valence-electron chi connectivity index (χ2n) is 14.2. The fourth-order valence-corrected chi connectivity index (χ4v) is 7.01. The molecule has 1 aliphatic carbocycles. The quantitative estimate of drug-likeness (QED) is 0.0668. The lowest BCUT2D eigenvalue weighted by atomic mass is 9.83. The first-order valence-electron chi connectivity index (χ1n) is 20.3. The van der Waals surface area contributed by atoms with Crippen molar-refractivity contribution in [1.82, 2.24) is 0 Å². The Morgan fingerprint density at radius 3 is 0.938 bits per heavy atom. The van der Waals surface area contributed by atoms with Gasteiger partial charge in [-0.15, -0.1) is 0 Å². The van der Waals surface area contributed by atoms with Crippen LogP contribution in [0.4, 0.5) is 0 Å². The van der Waals surface area contributed by atoms with Crippen LogP contribution in [-0.4, -0.2) is 24.8 Å². The minimum Gasteiger partial charge on any atom is -0.493 e. The van der Waals surface area contributed by atoms with Crippen LogP contribution in [0.1, 0.15) is 213 Å². The van der Waals surface area contributed by atoms with Gasteiger partial charge in [-0.3, -0.25) is 9.59 Å². The Kier molecular flexibility index (Phi) is 21.0. The minimum absolute atomic E-state index is 0.146. The highest BCUT2D eigenvalue weighted by atomic mass is 16.5. The van der Waals surface area contributed by atoms with Gasteiger partial charge in [0.1, 0.15) is 11.5 Å². The van der Waals surface area contributed by atoms with Gasteiger partial charge in [0, 0.05) is 11.1 Å². The highest BCUT2D eigenvalue weighted by Gasteiger charge is 2.35. The van der Waals surface area contributed by atoms with Gasteiger partial charge in [0.25, 0.3) is 0 Å². The number of unbranched alkanes of at least 4 members (excludes halogenated alkanes) is 24. The van der Waals surface area contributed by atoms with Gasteiger partial charge in [0.15, 0.2) is 11.6 Å². The van der Waals surface area contributed by atoms with E-state index < -0.39 is 0 Å². The largest absolute Gasteiger partial charge is 0.493 e. The lowest BCUT2D eigenvalue weighted by Crippen LogP contribution is -2.23. The normalized spacial score (nSPS) is 12.3. The molecule has 0 radical (unpaired) electrons. The summed E-state index contributed by atoms with van der Waals surface area (Å²) in [6.45, 7) is 5.64. The monoisotopic (exact) mass is 661 g/mol. The van der Waals surface area contributed by atoms with Crippen molar-refractivity contribution < 1.29 is 19.1 Å². The number of hydrogen-bond donors (Lipinski definition) is 0. The van der Waals surface area contributed by atoms with Crippen LogP contribution in [0.25, 0.3) is 0 Å². The molecule has 1 aliphatic rings. The predicted octanol–water partition coefficient (Wildman–Crippen LogP) is 13.4. The van der Waals surface area contributed by atoms with Gasteiger partial charge in [0.05, 0.1) is 24.3 Å². The molecule has 2 aromatic carbocycles. The second kappa shape index (κ2) is 25.4. The number of ether oxygens (including phenoxy) is 2. The Labute approximate surface area is 294 Å². The zero-order chi connectivity index (χ0) is 34.1. The molecule has 0 aromatic heterocycles. The fraction of sp³-hybridized carbons (Fsp3) is 0.682. The molecule has 3 rings (SSSR count). The maximum absolute atomic E-state index is 13.7. The molecule has 4 heteroatoms. The van der Waals surface area contributed by atoms with E-state index in [1.165, 1.54) is 141 Å². The first-order valence-corrected chi connectivity index (χ1v) is 20.3. The van der Waals surface area contributed by atoms with Gasteiger partial charge in [-0.25, -0.2) is 0 Å². The molecule has 0 saturated carbocycles. The van der Waals surface area contributed by atoms with Crippen molar-refractivity contribution in [1.29, 1.82) is 0 Å². The van der Waals surface area contributed by atoms with Gasteiger partial charge in [0.2, 0.25) is 0 Å². The van der Waals surface area contributed by atoms with E-state index in [-0.39, 0.29) is 11.6 Å². The Hall–Kier alpha value is -2.62. The van der Waals surface area contributed by atoms with Crippen molar-refractivity contribution in [3.8, 4) is 11.5 Å². The van der Waals surface area contributed by atoms with Gasteiger partial charge in [-0.1, -0.05) is 192 Å². The highest BCUT2D eigenvalue weighted by molar-refractivity contribution is 6.30. The van der Waals surface area contributed by atoms with Crippen LogP contribution in [0.2, 0.25) is 0 Å². The number of carbonyl (C=O) groups is 2. The Balaban J connectivity index is 1.38. The Morgan fingerprint density at radius 2 is 0.646 bits per heavy atom. The Morgan fingerprint density at radius 1 is 0.375 bits per heavy atom. The van der Waals surface area contributed by atoms with Crippen molar-refractivity contribution in [2.45, 2.75) is 181 Å². The first-order chi connectivity index (χ1) is 23.7. The number of benzene rings is 2. The second-order valence-corrected chi connectivity index (χ2v) is 14.2. The number of ketones is 2. The average molecular weight is 661 g/mol. The molecule has 0 fully saturated rings. The molecule has 48 heavy (non-hydrogen) atoms. The van der Waals surface area contributed by atoms with Crippen LogP contribution < -0.4 is 9.47 Å². The summed E-state index contributed by atoms with van der Waals surface area (Å²) < 4.78 is 12.4. The summed E-state index contributed by atoms with van der Waals surface area (Å²) >= 11 is 0. The topological polar surface area (TPSA) is 52.6 Å². The smallest absolute Gasteiger partial charge is 0.198 e. The third-order valence-electron chi connectivity index (χ3n) is 10.0. The van der Waals surface area contributed by atoms with E-state index in [1.54, 1.807) is 12.1 Å². The highest BCUT2D eigenvalue weighted by Crippen LogP contribution is 2.39. The van der Waals surface area contributed by atoms with Crippen LogP contribution in [0.3, 0.4) is 0 Å². The molecule has 268 valence electrons. The number of rotatable bonds is 30.